The molecule has 0 spiro atoms. The number of rotatable bonds is 7. The van der Waals surface area contributed by atoms with Gasteiger partial charge in [0.05, 0.1) is 6.61 Å². The Morgan fingerprint density at radius 3 is 2.32 bits per heavy atom. The van der Waals surface area contributed by atoms with E-state index in [1.54, 1.807) is 0 Å². The van der Waals surface area contributed by atoms with Crippen LogP contribution in [0, 0.1) is 0 Å². The molecule has 1 heterocycles. The topological polar surface area (TPSA) is 74.7 Å². The fourth-order valence-corrected chi connectivity index (χ4v) is 3.56. The predicted octanol–water partition coefficient (Wildman–Crippen LogP) is 3.93. The van der Waals surface area contributed by atoms with Crippen molar-refractivity contribution in [2.24, 2.45) is 0 Å². The minimum Gasteiger partial charge on any atom is -0.392 e. The molecular weight excluding hydrogens is 348 g/mol. The van der Waals surface area contributed by atoms with Crippen LogP contribution in [-0.2, 0) is 19.4 Å². The monoisotopic (exact) mass is 370 g/mol. The molecule has 0 aliphatic heterocycles. The van der Waals surface area contributed by atoms with Crippen molar-refractivity contribution in [2.45, 2.75) is 25.4 Å². The summed E-state index contributed by atoms with van der Waals surface area (Å²) in [6, 6.07) is 27.0. The summed E-state index contributed by atoms with van der Waals surface area (Å²) in [6.45, 7) is 0.0548. The minimum atomic E-state index is 0.0548. The summed E-state index contributed by atoms with van der Waals surface area (Å²) in [5.41, 5.74) is 5.65. The second kappa shape index (κ2) is 8.59. The zero-order valence-electron chi connectivity index (χ0n) is 15.5. The highest BCUT2D eigenvalue weighted by Crippen LogP contribution is 2.27. The van der Waals surface area contributed by atoms with E-state index in [-0.39, 0.29) is 6.61 Å². The number of H-pyrrole nitrogens is 1. The van der Waals surface area contributed by atoms with Crippen LogP contribution in [0.3, 0.4) is 0 Å². The van der Waals surface area contributed by atoms with Gasteiger partial charge in [-0.2, -0.15) is 5.21 Å². The quantitative estimate of drug-likeness (QED) is 0.517. The van der Waals surface area contributed by atoms with Gasteiger partial charge in [-0.1, -0.05) is 72.8 Å². The van der Waals surface area contributed by atoms with E-state index in [0.29, 0.717) is 11.7 Å². The van der Waals surface area contributed by atoms with Gasteiger partial charge in [0.15, 0.2) is 0 Å². The van der Waals surface area contributed by atoms with Gasteiger partial charge in [-0.3, -0.25) is 0 Å². The van der Waals surface area contributed by atoms with Crippen molar-refractivity contribution in [1.82, 2.24) is 20.6 Å². The first-order valence-corrected chi connectivity index (χ1v) is 9.38. The zero-order valence-corrected chi connectivity index (χ0v) is 15.5. The molecule has 3 aromatic carbocycles. The van der Waals surface area contributed by atoms with Crippen LogP contribution < -0.4 is 0 Å². The molecule has 0 saturated carbocycles. The van der Waals surface area contributed by atoms with Crippen LogP contribution in [0.5, 0.6) is 0 Å². The Hall–Kier alpha value is -3.31. The third-order valence-corrected chi connectivity index (χ3v) is 4.94. The number of aromatic amines is 1. The Labute approximate surface area is 164 Å². The molecule has 4 rings (SSSR count). The molecule has 0 saturated heterocycles. The lowest BCUT2D eigenvalue weighted by Crippen LogP contribution is -2.08. The van der Waals surface area contributed by atoms with Gasteiger partial charge in [0, 0.05) is 5.56 Å². The Bertz CT molecular complexity index is 1020. The Balaban J connectivity index is 1.64. The van der Waals surface area contributed by atoms with Crippen molar-refractivity contribution < 1.29 is 5.11 Å². The predicted molar refractivity (Wildman–Crippen MR) is 109 cm³/mol. The van der Waals surface area contributed by atoms with Crippen molar-refractivity contribution in [1.29, 1.82) is 0 Å². The zero-order chi connectivity index (χ0) is 19.2. The van der Waals surface area contributed by atoms with E-state index in [4.69, 9.17) is 0 Å². The second-order valence-electron chi connectivity index (χ2n) is 6.93. The number of aliphatic hydroxyl groups excluding tert-OH is 1. The van der Waals surface area contributed by atoms with Crippen LogP contribution >= 0.6 is 0 Å². The van der Waals surface area contributed by atoms with E-state index in [0.717, 1.165) is 24.0 Å². The average molecular weight is 370 g/mol. The highest BCUT2D eigenvalue weighted by molar-refractivity contribution is 5.55. The summed E-state index contributed by atoms with van der Waals surface area (Å²) < 4.78 is 0. The number of benzene rings is 3. The Morgan fingerprint density at radius 1 is 0.786 bits per heavy atom. The van der Waals surface area contributed by atoms with Crippen molar-refractivity contribution >= 4 is 0 Å². The molecule has 4 aromatic rings. The van der Waals surface area contributed by atoms with Gasteiger partial charge in [-0.15, -0.1) is 10.2 Å². The van der Waals surface area contributed by atoms with Gasteiger partial charge < -0.3 is 5.11 Å². The number of hydrogen-bond acceptors (Lipinski definition) is 4. The number of hydrogen-bond donors (Lipinski definition) is 2. The van der Waals surface area contributed by atoms with Gasteiger partial charge in [-0.05, 0) is 52.3 Å². The van der Waals surface area contributed by atoms with E-state index in [1.807, 2.05) is 30.3 Å². The molecule has 2 N–H and O–H groups in total. The summed E-state index contributed by atoms with van der Waals surface area (Å²) in [5, 5.41) is 23.9. The third-order valence-electron chi connectivity index (χ3n) is 4.94. The van der Waals surface area contributed by atoms with Gasteiger partial charge in [0.25, 0.3) is 0 Å². The number of nitrogens with zero attached hydrogens (tertiary/aromatic N) is 3. The van der Waals surface area contributed by atoms with Crippen LogP contribution in [0.2, 0.25) is 0 Å². The normalized spacial score (nSPS) is 12.0. The van der Waals surface area contributed by atoms with Crippen molar-refractivity contribution in [3.05, 3.63) is 101 Å². The van der Waals surface area contributed by atoms with E-state index in [1.165, 1.54) is 16.7 Å². The van der Waals surface area contributed by atoms with Crippen LogP contribution in [0.4, 0.5) is 0 Å². The Kier molecular flexibility index (Phi) is 5.54. The fraction of sp³-hybridized carbons (Fsp3) is 0.174. The summed E-state index contributed by atoms with van der Waals surface area (Å²) in [4.78, 5) is 0. The molecule has 0 fully saturated rings. The first-order valence-electron chi connectivity index (χ1n) is 9.38. The summed E-state index contributed by atoms with van der Waals surface area (Å²) in [5.74, 6) is 0.901. The molecular formula is C23H22N4O. The first kappa shape index (κ1) is 18.1. The van der Waals surface area contributed by atoms with Gasteiger partial charge in [0.1, 0.15) is 0 Å². The fourth-order valence-electron chi connectivity index (χ4n) is 3.56. The van der Waals surface area contributed by atoms with Crippen molar-refractivity contribution in [3.8, 4) is 11.4 Å². The lowest BCUT2D eigenvalue weighted by atomic mass is 9.86. The smallest absolute Gasteiger partial charge is 0.204 e. The van der Waals surface area contributed by atoms with Crippen LogP contribution in [0.15, 0.2) is 78.9 Å². The van der Waals surface area contributed by atoms with E-state index in [9.17, 15) is 5.11 Å². The lowest BCUT2D eigenvalue weighted by molar-refractivity contribution is 0.281. The largest absolute Gasteiger partial charge is 0.392 e. The first-order chi connectivity index (χ1) is 13.8. The molecule has 28 heavy (non-hydrogen) atoms. The molecule has 140 valence electrons. The maximum atomic E-state index is 9.54. The van der Waals surface area contributed by atoms with Gasteiger partial charge in [0.2, 0.25) is 5.82 Å². The molecule has 0 aliphatic carbocycles. The summed E-state index contributed by atoms with van der Waals surface area (Å²) in [6.07, 6.45) is 1.82. The molecule has 0 bridgehead atoms. The van der Waals surface area contributed by atoms with Crippen molar-refractivity contribution in [3.63, 3.8) is 0 Å². The second-order valence-corrected chi connectivity index (χ2v) is 6.93. The molecule has 1 aromatic heterocycles. The summed E-state index contributed by atoms with van der Waals surface area (Å²) >= 11 is 0. The molecule has 5 nitrogen and oxygen atoms in total. The lowest BCUT2D eigenvalue weighted by Gasteiger charge is -2.19. The van der Waals surface area contributed by atoms with E-state index in [2.05, 4.69) is 69.2 Å². The van der Waals surface area contributed by atoms with E-state index < -0.39 is 0 Å². The maximum absolute atomic E-state index is 9.54. The maximum Gasteiger partial charge on any atom is 0.204 e. The number of aliphatic hydroxyl groups is 1. The molecule has 0 aliphatic rings. The highest BCUT2D eigenvalue weighted by Gasteiger charge is 2.15. The standard InChI is InChI=1S/C23H22N4O/c28-16-19-9-5-10-20(15-19)22(12-17-6-2-1-3-7-17)14-18-8-4-11-21(13-18)23-24-26-27-25-23/h1-11,13,15,22,28H,12,14,16H2,(H,24,25,26,27). The number of nitrogens with one attached hydrogen (secondary N) is 1. The SMILES string of the molecule is OCc1cccc(C(Cc2ccccc2)Cc2cccc(-c3nn[nH]n3)c2)c1. The average Bonchev–Trinajstić information content (AvgIpc) is 3.29. The Morgan fingerprint density at radius 2 is 1.54 bits per heavy atom. The molecule has 1 unspecified atom stereocenters. The van der Waals surface area contributed by atoms with Crippen LogP contribution in [0.1, 0.15) is 28.2 Å². The molecule has 1 atom stereocenters. The van der Waals surface area contributed by atoms with Gasteiger partial charge in [-0.25, -0.2) is 0 Å². The minimum absolute atomic E-state index is 0.0548. The highest BCUT2D eigenvalue weighted by atomic mass is 16.3. The molecule has 0 radical (unpaired) electrons. The summed E-state index contributed by atoms with van der Waals surface area (Å²) in [7, 11) is 0. The molecule has 5 heteroatoms. The number of aromatic nitrogens is 4. The van der Waals surface area contributed by atoms with Crippen molar-refractivity contribution in [2.75, 3.05) is 0 Å². The third kappa shape index (κ3) is 4.32. The van der Waals surface area contributed by atoms with Gasteiger partial charge >= 0.3 is 0 Å². The number of tetrazole rings is 1. The molecule has 0 amide bonds. The van der Waals surface area contributed by atoms with Crippen LogP contribution in [-0.4, -0.2) is 25.7 Å². The van der Waals surface area contributed by atoms with E-state index >= 15 is 0 Å². The van der Waals surface area contributed by atoms with Crippen LogP contribution in [0.25, 0.3) is 11.4 Å².